The molecule has 1 aliphatic carbocycles. The minimum Gasteiger partial charge on any atom is -0.185 e. The second kappa shape index (κ2) is 5.05. The highest BCUT2D eigenvalue weighted by Gasteiger charge is 2.45. The quantitative estimate of drug-likeness (QED) is 0.609. The Kier molecular flexibility index (Phi) is 3.03. The number of rotatable bonds is 2. The van der Waals surface area contributed by atoms with E-state index in [1.165, 1.54) is 34.0 Å². The van der Waals surface area contributed by atoms with Gasteiger partial charge in [0, 0.05) is 0 Å². The molecule has 0 fully saturated rings. The lowest BCUT2D eigenvalue weighted by atomic mass is 9.88. The SMILES string of the molecule is N#CSC1(c2ccccc2)c2ccccc2-c2ccccc21. The number of thioether (sulfide) groups is 1. The van der Waals surface area contributed by atoms with Gasteiger partial charge in [-0.3, -0.25) is 0 Å². The first-order valence-electron chi connectivity index (χ1n) is 7.20. The van der Waals surface area contributed by atoms with Crippen LogP contribution in [-0.2, 0) is 4.75 Å². The van der Waals surface area contributed by atoms with Crippen LogP contribution in [0.5, 0.6) is 0 Å². The highest BCUT2D eigenvalue weighted by Crippen LogP contribution is 2.57. The van der Waals surface area contributed by atoms with Crippen molar-refractivity contribution in [3.63, 3.8) is 0 Å². The summed E-state index contributed by atoms with van der Waals surface area (Å²) in [6.45, 7) is 0. The molecule has 0 aliphatic heterocycles. The number of hydrogen-bond acceptors (Lipinski definition) is 2. The van der Waals surface area contributed by atoms with Gasteiger partial charge >= 0.3 is 0 Å². The molecule has 22 heavy (non-hydrogen) atoms. The van der Waals surface area contributed by atoms with E-state index in [0.29, 0.717) is 0 Å². The predicted molar refractivity (Wildman–Crippen MR) is 91.4 cm³/mol. The smallest absolute Gasteiger partial charge is 0.134 e. The zero-order chi connectivity index (χ0) is 15.0. The van der Waals surface area contributed by atoms with Crippen molar-refractivity contribution in [2.75, 3.05) is 0 Å². The van der Waals surface area contributed by atoms with Gasteiger partial charge in [-0.05, 0) is 39.6 Å². The summed E-state index contributed by atoms with van der Waals surface area (Å²) in [5.74, 6) is 0. The highest BCUT2D eigenvalue weighted by atomic mass is 32.2. The average Bonchev–Trinajstić information content (AvgIpc) is 2.88. The molecule has 1 nitrogen and oxygen atoms in total. The first-order valence-corrected chi connectivity index (χ1v) is 8.01. The molecule has 0 N–H and O–H groups in total. The summed E-state index contributed by atoms with van der Waals surface area (Å²) in [6.07, 6.45) is 0. The maximum atomic E-state index is 9.52. The Morgan fingerprint density at radius 1 is 0.682 bits per heavy atom. The van der Waals surface area contributed by atoms with Gasteiger partial charge in [0.15, 0.2) is 0 Å². The maximum absolute atomic E-state index is 9.52. The van der Waals surface area contributed by atoms with Crippen LogP contribution in [0.25, 0.3) is 11.1 Å². The molecule has 0 amide bonds. The van der Waals surface area contributed by atoms with Crippen molar-refractivity contribution in [3.8, 4) is 16.5 Å². The van der Waals surface area contributed by atoms with Gasteiger partial charge in [-0.25, -0.2) is 0 Å². The number of benzene rings is 3. The van der Waals surface area contributed by atoms with E-state index in [1.807, 2.05) is 18.2 Å². The lowest BCUT2D eigenvalue weighted by molar-refractivity contribution is 0.933. The van der Waals surface area contributed by atoms with Crippen LogP contribution in [0.15, 0.2) is 78.9 Å². The molecule has 0 bridgehead atoms. The zero-order valence-electron chi connectivity index (χ0n) is 11.9. The Balaban J connectivity index is 2.13. The van der Waals surface area contributed by atoms with Gasteiger partial charge in [0.25, 0.3) is 0 Å². The van der Waals surface area contributed by atoms with Crippen molar-refractivity contribution in [3.05, 3.63) is 95.6 Å². The summed E-state index contributed by atoms with van der Waals surface area (Å²) in [4.78, 5) is 0. The molecule has 0 saturated heterocycles. The fourth-order valence-corrected chi connectivity index (χ4v) is 4.38. The van der Waals surface area contributed by atoms with Crippen LogP contribution in [0.1, 0.15) is 16.7 Å². The third-order valence-electron chi connectivity index (χ3n) is 4.28. The Morgan fingerprint density at radius 3 is 1.73 bits per heavy atom. The van der Waals surface area contributed by atoms with Gasteiger partial charge in [-0.1, -0.05) is 78.9 Å². The van der Waals surface area contributed by atoms with E-state index < -0.39 is 4.75 Å². The zero-order valence-corrected chi connectivity index (χ0v) is 12.7. The topological polar surface area (TPSA) is 23.8 Å². The molecule has 0 atom stereocenters. The number of nitriles is 1. The minimum absolute atomic E-state index is 0.441. The molecule has 0 aromatic heterocycles. The molecule has 0 unspecified atom stereocenters. The second-order valence-corrected chi connectivity index (χ2v) is 6.33. The first-order chi connectivity index (χ1) is 10.9. The van der Waals surface area contributed by atoms with Crippen LogP contribution in [0.4, 0.5) is 0 Å². The van der Waals surface area contributed by atoms with Crippen molar-refractivity contribution in [1.29, 1.82) is 5.26 Å². The van der Waals surface area contributed by atoms with Gasteiger partial charge < -0.3 is 0 Å². The number of hydrogen-bond donors (Lipinski definition) is 0. The highest BCUT2D eigenvalue weighted by molar-refractivity contribution is 8.05. The van der Waals surface area contributed by atoms with Crippen LogP contribution in [0, 0.1) is 10.7 Å². The Morgan fingerprint density at radius 2 is 1.18 bits per heavy atom. The number of thiocyanates is 1. The molecule has 1 aliphatic rings. The van der Waals surface area contributed by atoms with E-state index in [4.69, 9.17) is 0 Å². The summed E-state index contributed by atoms with van der Waals surface area (Å²) in [6, 6.07) is 27.2. The van der Waals surface area contributed by atoms with Crippen molar-refractivity contribution in [2.45, 2.75) is 4.75 Å². The largest absolute Gasteiger partial charge is 0.185 e. The van der Waals surface area contributed by atoms with Crippen molar-refractivity contribution < 1.29 is 0 Å². The molecular weight excluding hydrogens is 286 g/mol. The second-order valence-electron chi connectivity index (χ2n) is 5.33. The molecule has 0 heterocycles. The molecule has 3 aromatic rings. The molecular formula is C20H13NS. The lowest BCUT2D eigenvalue weighted by Gasteiger charge is -2.29. The van der Waals surface area contributed by atoms with E-state index >= 15 is 0 Å². The molecule has 0 radical (unpaired) electrons. The number of fused-ring (bicyclic) bond motifs is 3. The van der Waals surface area contributed by atoms with Crippen molar-refractivity contribution in [2.24, 2.45) is 0 Å². The van der Waals surface area contributed by atoms with E-state index in [0.717, 1.165) is 5.56 Å². The van der Waals surface area contributed by atoms with Gasteiger partial charge in [0.2, 0.25) is 0 Å². The van der Waals surface area contributed by atoms with Gasteiger partial charge in [0.05, 0.1) is 0 Å². The summed E-state index contributed by atoms with van der Waals surface area (Å²) < 4.78 is -0.441. The molecule has 104 valence electrons. The van der Waals surface area contributed by atoms with Crippen LogP contribution in [0.2, 0.25) is 0 Å². The third-order valence-corrected chi connectivity index (χ3v) is 5.35. The fraction of sp³-hybridized carbons (Fsp3) is 0.0500. The van der Waals surface area contributed by atoms with Crippen LogP contribution < -0.4 is 0 Å². The van der Waals surface area contributed by atoms with E-state index in [1.54, 1.807) is 0 Å². The van der Waals surface area contributed by atoms with Crippen LogP contribution in [-0.4, -0.2) is 0 Å². The van der Waals surface area contributed by atoms with Gasteiger partial charge in [0.1, 0.15) is 10.1 Å². The van der Waals surface area contributed by atoms with Crippen LogP contribution in [0.3, 0.4) is 0 Å². The molecule has 0 spiro atoms. The summed E-state index contributed by atoms with van der Waals surface area (Å²) >= 11 is 1.33. The monoisotopic (exact) mass is 299 g/mol. The third kappa shape index (κ3) is 1.66. The van der Waals surface area contributed by atoms with E-state index in [9.17, 15) is 5.26 Å². The van der Waals surface area contributed by atoms with Gasteiger partial charge in [-0.2, -0.15) is 5.26 Å². The standard InChI is InChI=1S/C20H13NS/c21-14-22-20(15-8-2-1-3-9-15)18-12-6-4-10-16(18)17-11-5-7-13-19(17)20/h1-13H. The van der Waals surface area contributed by atoms with Crippen LogP contribution >= 0.6 is 11.8 Å². The summed E-state index contributed by atoms with van der Waals surface area (Å²) in [7, 11) is 0. The normalized spacial score (nSPS) is 14.0. The van der Waals surface area contributed by atoms with E-state index in [-0.39, 0.29) is 0 Å². The fourth-order valence-electron chi connectivity index (χ4n) is 3.42. The van der Waals surface area contributed by atoms with Crippen molar-refractivity contribution in [1.82, 2.24) is 0 Å². The van der Waals surface area contributed by atoms with E-state index in [2.05, 4.69) is 66.1 Å². The Hall–Kier alpha value is -2.50. The first kappa shape index (κ1) is 13.2. The lowest BCUT2D eigenvalue weighted by Crippen LogP contribution is -2.21. The summed E-state index contributed by atoms with van der Waals surface area (Å²) in [5, 5.41) is 11.9. The Bertz CT molecular complexity index is 832. The minimum atomic E-state index is -0.441. The average molecular weight is 299 g/mol. The number of nitrogens with zero attached hydrogens (tertiary/aromatic N) is 1. The molecule has 2 heteroatoms. The molecule has 4 rings (SSSR count). The van der Waals surface area contributed by atoms with Gasteiger partial charge in [-0.15, -0.1) is 0 Å². The summed E-state index contributed by atoms with van der Waals surface area (Å²) in [5.41, 5.74) is 6.01. The predicted octanol–water partition coefficient (Wildman–Crippen LogP) is 5.17. The van der Waals surface area contributed by atoms with Crippen molar-refractivity contribution >= 4 is 11.8 Å². The molecule has 0 saturated carbocycles. The maximum Gasteiger partial charge on any atom is 0.134 e. The Labute approximate surface area is 134 Å². The molecule has 3 aromatic carbocycles.